The number of aromatic nitrogens is 4. The predicted molar refractivity (Wildman–Crippen MR) is 113 cm³/mol. The van der Waals surface area contributed by atoms with Crippen LogP contribution in [0.25, 0.3) is 0 Å². The van der Waals surface area contributed by atoms with Crippen molar-refractivity contribution in [2.45, 2.75) is 50.0 Å². The van der Waals surface area contributed by atoms with Gasteiger partial charge in [0, 0.05) is 32.2 Å². The number of halogens is 3. The largest absolute Gasteiger partial charge is 0.434 e. The molecule has 1 atom stereocenters. The van der Waals surface area contributed by atoms with Gasteiger partial charge in [-0.05, 0) is 19.8 Å². The fraction of sp³-hybridized carbons (Fsp3) is 0.550. The zero-order chi connectivity index (χ0) is 23.4. The van der Waals surface area contributed by atoms with Crippen LogP contribution in [-0.2, 0) is 15.7 Å². The molecule has 1 amide bonds. The Balaban J connectivity index is 1.23. The Morgan fingerprint density at radius 2 is 1.94 bits per heavy atom. The van der Waals surface area contributed by atoms with Crippen molar-refractivity contribution in [3.63, 3.8) is 0 Å². The van der Waals surface area contributed by atoms with Crippen LogP contribution in [0.3, 0.4) is 0 Å². The van der Waals surface area contributed by atoms with E-state index in [0.29, 0.717) is 61.4 Å². The fourth-order valence-corrected chi connectivity index (χ4v) is 4.39. The third kappa shape index (κ3) is 3.79. The normalized spacial score (nSPS) is 26.6. The maximum absolute atomic E-state index is 12.7. The summed E-state index contributed by atoms with van der Waals surface area (Å²) in [6, 6.07) is 0.141. The van der Waals surface area contributed by atoms with Gasteiger partial charge in [0.05, 0.1) is 24.7 Å². The molecule has 2 fully saturated rings. The zero-order valence-electron chi connectivity index (χ0n) is 18.0. The van der Waals surface area contributed by atoms with Crippen LogP contribution in [0.2, 0.25) is 0 Å². The minimum Gasteiger partial charge on any atom is -0.378 e. The number of aryl methyl sites for hydroxylation is 1. The Morgan fingerprint density at radius 3 is 2.58 bits per heavy atom. The number of hydrogen-bond acceptors (Lipinski definition) is 9. The second-order valence-corrected chi connectivity index (χ2v) is 8.62. The first-order valence-electron chi connectivity index (χ1n) is 10.6. The molecule has 1 saturated carbocycles. The first kappa shape index (κ1) is 21.6. The van der Waals surface area contributed by atoms with E-state index in [-0.39, 0.29) is 18.0 Å². The van der Waals surface area contributed by atoms with E-state index in [9.17, 15) is 18.0 Å². The van der Waals surface area contributed by atoms with Crippen molar-refractivity contribution in [3.05, 3.63) is 23.8 Å². The van der Waals surface area contributed by atoms with Gasteiger partial charge in [0.15, 0.2) is 11.5 Å². The Labute approximate surface area is 187 Å². The van der Waals surface area contributed by atoms with Crippen LogP contribution in [0.1, 0.15) is 30.7 Å². The van der Waals surface area contributed by atoms with Crippen LogP contribution < -0.4 is 20.9 Å². The maximum Gasteiger partial charge on any atom is 0.434 e. The quantitative estimate of drug-likeness (QED) is 0.626. The lowest BCUT2D eigenvalue weighted by atomic mass is 9.87. The number of carbonyl (C=O) groups excluding carboxylic acids is 1. The van der Waals surface area contributed by atoms with Crippen LogP contribution in [0.15, 0.2) is 12.4 Å². The van der Waals surface area contributed by atoms with E-state index < -0.39 is 17.4 Å². The first-order valence-corrected chi connectivity index (χ1v) is 10.6. The van der Waals surface area contributed by atoms with Crippen LogP contribution in [0, 0.1) is 6.92 Å². The van der Waals surface area contributed by atoms with E-state index in [4.69, 9.17) is 4.74 Å². The van der Waals surface area contributed by atoms with E-state index >= 15 is 0 Å². The summed E-state index contributed by atoms with van der Waals surface area (Å²) in [4.78, 5) is 31.0. The smallest absolute Gasteiger partial charge is 0.378 e. The van der Waals surface area contributed by atoms with Crippen LogP contribution in [-0.4, -0.2) is 63.7 Å². The van der Waals surface area contributed by atoms with Gasteiger partial charge in [-0.25, -0.2) is 15.0 Å². The molecule has 0 radical (unpaired) electrons. The third-order valence-corrected chi connectivity index (χ3v) is 6.46. The molecule has 1 spiro atoms. The molecule has 0 aromatic carbocycles. The molecular formula is C20H23F3N8O2. The Morgan fingerprint density at radius 1 is 1.18 bits per heavy atom. The number of alkyl halides is 3. The fourth-order valence-electron chi connectivity index (χ4n) is 4.39. The van der Waals surface area contributed by atoms with Gasteiger partial charge in [-0.15, -0.1) is 0 Å². The van der Waals surface area contributed by atoms with Gasteiger partial charge in [-0.1, -0.05) is 0 Å². The van der Waals surface area contributed by atoms with Crippen molar-refractivity contribution in [2.75, 3.05) is 41.1 Å². The van der Waals surface area contributed by atoms with E-state index in [1.54, 1.807) is 0 Å². The van der Waals surface area contributed by atoms with Gasteiger partial charge >= 0.3 is 6.18 Å². The lowest BCUT2D eigenvalue weighted by Gasteiger charge is -2.42. The van der Waals surface area contributed by atoms with Crippen molar-refractivity contribution in [1.82, 2.24) is 19.9 Å². The minimum absolute atomic E-state index is 0.0492. The maximum atomic E-state index is 12.7. The molecule has 2 aliphatic heterocycles. The highest BCUT2D eigenvalue weighted by molar-refractivity contribution is 6.06. The number of likely N-dealkylation sites (N-methyl/N-ethyl adjacent to an activating group) is 1. The number of fused-ring (bicyclic) bond motifs is 1. The number of hydrogen-bond donors (Lipinski definition) is 3. The monoisotopic (exact) mass is 464 g/mol. The molecule has 0 unspecified atom stereocenters. The van der Waals surface area contributed by atoms with Crippen molar-refractivity contribution >= 4 is 29.2 Å². The van der Waals surface area contributed by atoms with Crippen molar-refractivity contribution in [1.29, 1.82) is 0 Å². The zero-order valence-corrected chi connectivity index (χ0v) is 18.0. The summed E-state index contributed by atoms with van der Waals surface area (Å²) >= 11 is 0. The second-order valence-electron chi connectivity index (χ2n) is 8.62. The molecular weight excluding hydrogens is 441 g/mol. The minimum atomic E-state index is -4.51. The lowest BCUT2D eigenvalue weighted by molar-refractivity contribution is -0.141. The number of ether oxygens (including phenoxy) is 1. The number of rotatable bonds is 4. The molecule has 33 heavy (non-hydrogen) atoms. The number of carbonyl (C=O) groups is 1. The molecule has 3 aliphatic rings. The Bertz CT molecular complexity index is 1070. The molecule has 1 saturated heterocycles. The van der Waals surface area contributed by atoms with Crippen molar-refractivity contribution in [3.8, 4) is 0 Å². The summed E-state index contributed by atoms with van der Waals surface area (Å²) in [7, 11) is 1.84. The molecule has 13 heteroatoms. The van der Waals surface area contributed by atoms with E-state index in [1.165, 1.54) is 0 Å². The molecule has 10 nitrogen and oxygen atoms in total. The topological polar surface area (TPSA) is 117 Å². The van der Waals surface area contributed by atoms with Gasteiger partial charge in [0.2, 0.25) is 5.95 Å². The highest BCUT2D eigenvalue weighted by atomic mass is 19.4. The Kier molecular flexibility index (Phi) is 5.03. The van der Waals surface area contributed by atoms with Gasteiger partial charge in [0.25, 0.3) is 5.91 Å². The van der Waals surface area contributed by atoms with E-state index in [0.717, 1.165) is 12.4 Å². The summed E-state index contributed by atoms with van der Waals surface area (Å²) < 4.78 is 43.3. The Hall–Kier alpha value is -3.22. The number of amides is 1. The summed E-state index contributed by atoms with van der Waals surface area (Å²) in [5, 5.41) is 9.34. The lowest BCUT2D eigenvalue weighted by Crippen LogP contribution is -2.59. The highest BCUT2D eigenvalue weighted by Gasteiger charge is 2.50. The number of anilines is 4. The molecule has 2 aromatic heterocycles. The van der Waals surface area contributed by atoms with Crippen molar-refractivity contribution in [2.24, 2.45) is 0 Å². The summed E-state index contributed by atoms with van der Waals surface area (Å²) in [6.45, 7) is 2.64. The molecule has 2 aromatic rings. The van der Waals surface area contributed by atoms with Crippen molar-refractivity contribution < 1.29 is 22.7 Å². The average molecular weight is 464 g/mol. The predicted octanol–water partition coefficient (Wildman–Crippen LogP) is 2.20. The number of nitrogens with zero attached hydrogens (tertiary/aromatic N) is 5. The molecule has 0 bridgehead atoms. The molecule has 5 rings (SSSR count). The summed E-state index contributed by atoms with van der Waals surface area (Å²) in [5.41, 5.74) is -0.530. The van der Waals surface area contributed by atoms with Gasteiger partial charge in [-0.2, -0.15) is 18.2 Å². The molecule has 3 N–H and O–H groups in total. The SMILES string of the molecule is Cc1nc(N[C@H]2C[C@@H](Nc3cnc(C(F)(F)F)cn3)C2)nc2c1NC(=O)[C@@]1(CCOC1)N2C. The molecule has 1 aliphatic carbocycles. The highest BCUT2D eigenvalue weighted by Crippen LogP contribution is 2.40. The van der Waals surface area contributed by atoms with Gasteiger partial charge < -0.3 is 25.6 Å². The van der Waals surface area contributed by atoms with E-state index in [1.807, 2.05) is 18.9 Å². The van der Waals surface area contributed by atoms with Crippen LogP contribution in [0.5, 0.6) is 0 Å². The second kappa shape index (κ2) is 7.68. The standard InChI is InChI=1S/C20H23F3N8O2/c1-10-15-16(31(2)19(17(32)29-15)3-4-33-9-19)30-18(26-10)28-12-5-11(6-12)27-14-8-24-13(7-25-14)20(21,22)23/h7-8,11-12H,3-6,9H2,1-2H3,(H,25,27)(H,29,32)(H,26,28,30)/t11-,12+,19-/m0/s1. The summed E-state index contributed by atoms with van der Waals surface area (Å²) in [5.74, 6) is 1.29. The van der Waals surface area contributed by atoms with Crippen LogP contribution >= 0.6 is 0 Å². The average Bonchev–Trinajstić information content (AvgIpc) is 3.23. The molecule has 4 heterocycles. The third-order valence-electron chi connectivity index (χ3n) is 6.46. The number of nitrogens with one attached hydrogen (secondary N) is 3. The van der Waals surface area contributed by atoms with Gasteiger partial charge in [0.1, 0.15) is 17.0 Å². The summed E-state index contributed by atoms with van der Waals surface area (Å²) in [6.07, 6.45) is -0.683. The molecule has 176 valence electrons. The first-order chi connectivity index (χ1) is 15.7. The van der Waals surface area contributed by atoms with Crippen LogP contribution in [0.4, 0.5) is 36.4 Å². The van der Waals surface area contributed by atoms with E-state index in [2.05, 4.69) is 35.9 Å². The van der Waals surface area contributed by atoms with Gasteiger partial charge in [-0.3, -0.25) is 4.79 Å².